The molecule has 0 amide bonds. The van der Waals surface area contributed by atoms with Crippen LogP contribution >= 0.6 is 0 Å². The van der Waals surface area contributed by atoms with Gasteiger partial charge in [-0.15, -0.1) is 6.58 Å². The Morgan fingerprint density at radius 2 is 2.50 bits per heavy atom. The number of carboxylic acid groups (broad SMARTS) is 1. The molecule has 0 bridgehead atoms. The third-order valence-electron chi connectivity index (χ3n) is 3.63. The number of allylic oxidation sites excluding steroid dienone is 1. The van der Waals surface area contributed by atoms with Crippen LogP contribution in [0, 0.1) is 5.41 Å². The van der Waals surface area contributed by atoms with Crippen LogP contribution in [-0.4, -0.2) is 29.1 Å². The molecule has 0 saturated carbocycles. The lowest BCUT2D eigenvalue weighted by atomic mass is 9.77. The van der Waals surface area contributed by atoms with Crippen LogP contribution in [-0.2, 0) is 11.3 Å². The minimum Gasteiger partial charge on any atom is -0.481 e. The van der Waals surface area contributed by atoms with Gasteiger partial charge >= 0.3 is 5.97 Å². The molecule has 0 radical (unpaired) electrons. The predicted octanol–water partition coefficient (Wildman–Crippen LogP) is 2.52. The first-order valence-electron chi connectivity index (χ1n) is 6.24. The Bertz CT molecular complexity index is 413. The van der Waals surface area contributed by atoms with Crippen LogP contribution in [0.4, 0.5) is 0 Å². The second kappa shape index (κ2) is 5.40. The number of carbonyl (C=O) groups is 1. The molecule has 0 spiro atoms. The zero-order valence-corrected chi connectivity index (χ0v) is 10.5. The predicted molar refractivity (Wildman–Crippen MR) is 68.1 cm³/mol. The highest BCUT2D eigenvalue weighted by Crippen LogP contribution is 2.34. The van der Waals surface area contributed by atoms with Crippen molar-refractivity contribution >= 4 is 5.97 Å². The van der Waals surface area contributed by atoms with E-state index in [0.29, 0.717) is 13.0 Å². The highest BCUT2D eigenvalue weighted by atomic mass is 16.4. The quantitative estimate of drug-likeness (QED) is 0.815. The van der Waals surface area contributed by atoms with Gasteiger partial charge in [0.2, 0.25) is 0 Å². The lowest BCUT2D eigenvalue weighted by Crippen LogP contribution is -2.47. The van der Waals surface area contributed by atoms with Crippen LogP contribution in [0.3, 0.4) is 0 Å². The summed E-state index contributed by atoms with van der Waals surface area (Å²) in [6.07, 6.45) is 7.26. The van der Waals surface area contributed by atoms with Gasteiger partial charge in [-0.3, -0.25) is 9.69 Å². The Balaban J connectivity index is 2.06. The van der Waals surface area contributed by atoms with E-state index in [9.17, 15) is 9.90 Å². The number of aliphatic carboxylic acids is 1. The maximum absolute atomic E-state index is 11.5. The fourth-order valence-corrected chi connectivity index (χ4v) is 2.71. The number of hydrogen-bond acceptors (Lipinski definition) is 3. The SMILES string of the molecule is C=CC[C@]1(C(=O)O)CCCN(Cc2ccoc2)C1. The van der Waals surface area contributed by atoms with Gasteiger partial charge in [-0.05, 0) is 31.9 Å². The smallest absolute Gasteiger partial charge is 0.311 e. The van der Waals surface area contributed by atoms with Crippen molar-refractivity contribution in [1.82, 2.24) is 4.90 Å². The average molecular weight is 249 g/mol. The van der Waals surface area contributed by atoms with E-state index in [0.717, 1.165) is 31.5 Å². The van der Waals surface area contributed by atoms with Crippen LogP contribution < -0.4 is 0 Å². The molecule has 18 heavy (non-hydrogen) atoms. The molecule has 1 atom stereocenters. The number of piperidine rings is 1. The van der Waals surface area contributed by atoms with Gasteiger partial charge in [-0.1, -0.05) is 6.08 Å². The molecule has 1 fully saturated rings. The van der Waals surface area contributed by atoms with E-state index in [2.05, 4.69) is 11.5 Å². The van der Waals surface area contributed by atoms with Gasteiger partial charge in [0.1, 0.15) is 0 Å². The number of likely N-dealkylation sites (tertiary alicyclic amines) is 1. The average Bonchev–Trinajstić information content (AvgIpc) is 2.82. The topological polar surface area (TPSA) is 53.7 Å². The van der Waals surface area contributed by atoms with Crippen molar-refractivity contribution in [2.75, 3.05) is 13.1 Å². The second-order valence-corrected chi connectivity index (χ2v) is 5.02. The summed E-state index contributed by atoms with van der Waals surface area (Å²) in [4.78, 5) is 13.7. The van der Waals surface area contributed by atoms with E-state index < -0.39 is 11.4 Å². The van der Waals surface area contributed by atoms with Gasteiger partial charge < -0.3 is 9.52 Å². The molecule has 2 rings (SSSR count). The summed E-state index contributed by atoms with van der Waals surface area (Å²) in [5, 5.41) is 9.47. The van der Waals surface area contributed by atoms with Crippen molar-refractivity contribution in [1.29, 1.82) is 0 Å². The number of carboxylic acids is 1. The Morgan fingerprint density at radius 1 is 1.67 bits per heavy atom. The summed E-state index contributed by atoms with van der Waals surface area (Å²) in [5.74, 6) is -0.709. The van der Waals surface area contributed by atoms with Crippen molar-refractivity contribution in [3.8, 4) is 0 Å². The lowest BCUT2D eigenvalue weighted by molar-refractivity contribution is -0.152. The zero-order valence-electron chi connectivity index (χ0n) is 10.5. The Morgan fingerprint density at radius 3 is 3.11 bits per heavy atom. The summed E-state index contributed by atoms with van der Waals surface area (Å²) >= 11 is 0. The molecule has 0 aliphatic carbocycles. The van der Waals surface area contributed by atoms with Crippen LogP contribution in [0.2, 0.25) is 0 Å². The molecule has 2 heterocycles. The van der Waals surface area contributed by atoms with Crippen molar-refractivity contribution in [3.63, 3.8) is 0 Å². The maximum atomic E-state index is 11.5. The number of nitrogens with zero attached hydrogens (tertiary/aromatic N) is 1. The number of hydrogen-bond donors (Lipinski definition) is 1. The molecule has 4 heteroatoms. The molecule has 1 aromatic rings. The molecule has 0 unspecified atom stereocenters. The summed E-state index contributed by atoms with van der Waals surface area (Å²) in [7, 11) is 0. The normalized spacial score (nSPS) is 24.9. The third kappa shape index (κ3) is 2.64. The van der Waals surface area contributed by atoms with Gasteiger partial charge in [0.05, 0.1) is 17.9 Å². The molecular formula is C14H19NO3. The maximum Gasteiger partial charge on any atom is 0.311 e. The summed E-state index contributed by atoms with van der Waals surface area (Å²) in [6.45, 7) is 5.96. The minimum atomic E-state index is -0.709. The first kappa shape index (κ1) is 12.9. The molecular weight excluding hydrogens is 230 g/mol. The van der Waals surface area contributed by atoms with E-state index in [4.69, 9.17) is 4.42 Å². The van der Waals surface area contributed by atoms with E-state index >= 15 is 0 Å². The zero-order chi connectivity index (χ0) is 13.0. The molecule has 1 aliphatic rings. The van der Waals surface area contributed by atoms with Gasteiger partial charge in [-0.25, -0.2) is 0 Å². The van der Waals surface area contributed by atoms with Gasteiger partial charge in [0.25, 0.3) is 0 Å². The Labute approximate surface area is 107 Å². The van der Waals surface area contributed by atoms with Crippen molar-refractivity contribution in [3.05, 3.63) is 36.8 Å². The highest BCUT2D eigenvalue weighted by molar-refractivity contribution is 5.75. The largest absolute Gasteiger partial charge is 0.481 e. The van der Waals surface area contributed by atoms with Gasteiger partial charge in [-0.2, -0.15) is 0 Å². The number of furan rings is 1. The van der Waals surface area contributed by atoms with E-state index in [1.807, 2.05) is 6.07 Å². The minimum absolute atomic E-state index is 0.532. The van der Waals surface area contributed by atoms with Crippen molar-refractivity contribution in [2.45, 2.75) is 25.8 Å². The Kier molecular flexibility index (Phi) is 3.87. The van der Waals surface area contributed by atoms with E-state index in [1.165, 1.54) is 0 Å². The fraction of sp³-hybridized carbons (Fsp3) is 0.500. The van der Waals surface area contributed by atoms with E-state index in [1.54, 1.807) is 18.6 Å². The first-order valence-corrected chi connectivity index (χ1v) is 6.24. The first-order chi connectivity index (χ1) is 8.66. The fourth-order valence-electron chi connectivity index (χ4n) is 2.71. The van der Waals surface area contributed by atoms with Crippen LogP contribution in [0.1, 0.15) is 24.8 Å². The lowest BCUT2D eigenvalue weighted by Gasteiger charge is -2.39. The molecule has 0 aromatic carbocycles. The molecule has 1 aliphatic heterocycles. The molecule has 1 aromatic heterocycles. The van der Waals surface area contributed by atoms with Crippen LogP contribution in [0.25, 0.3) is 0 Å². The molecule has 98 valence electrons. The van der Waals surface area contributed by atoms with E-state index in [-0.39, 0.29) is 0 Å². The van der Waals surface area contributed by atoms with Crippen LogP contribution in [0.5, 0.6) is 0 Å². The van der Waals surface area contributed by atoms with Crippen molar-refractivity contribution < 1.29 is 14.3 Å². The standard InChI is InChI=1S/C14H19NO3/c1-2-5-14(13(16)17)6-3-7-15(11-14)9-12-4-8-18-10-12/h2,4,8,10H,1,3,5-7,9,11H2,(H,16,17)/t14-/m0/s1. The highest BCUT2D eigenvalue weighted by Gasteiger charge is 2.41. The third-order valence-corrected chi connectivity index (χ3v) is 3.63. The molecule has 4 nitrogen and oxygen atoms in total. The summed E-state index contributed by atoms with van der Waals surface area (Å²) in [5.41, 5.74) is 0.429. The number of rotatable bonds is 5. The second-order valence-electron chi connectivity index (χ2n) is 5.02. The Hall–Kier alpha value is -1.55. The van der Waals surface area contributed by atoms with Gasteiger partial charge in [0, 0.05) is 18.7 Å². The van der Waals surface area contributed by atoms with Gasteiger partial charge in [0.15, 0.2) is 0 Å². The molecule has 1 N–H and O–H groups in total. The summed E-state index contributed by atoms with van der Waals surface area (Å²) < 4.78 is 5.04. The molecule has 1 saturated heterocycles. The summed E-state index contributed by atoms with van der Waals surface area (Å²) in [6, 6.07) is 1.92. The van der Waals surface area contributed by atoms with Crippen LogP contribution in [0.15, 0.2) is 35.7 Å². The van der Waals surface area contributed by atoms with Crippen molar-refractivity contribution in [2.24, 2.45) is 5.41 Å². The monoisotopic (exact) mass is 249 g/mol.